The summed E-state index contributed by atoms with van der Waals surface area (Å²) in [5.74, 6) is 1.39. The summed E-state index contributed by atoms with van der Waals surface area (Å²) in [5.41, 5.74) is 6.62. The first-order valence-electron chi connectivity index (χ1n) is 12.6. The third-order valence-corrected chi connectivity index (χ3v) is 7.72. The Hall–Kier alpha value is -4.25. The summed E-state index contributed by atoms with van der Waals surface area (Å²) >= 11 is 1.73. The Kier molecular flexibility index (Phi) is 6.53. The maximum Gasteiger partial charge on any atom is 0.573 e. The van der Waals surface area contributed by atoms with Gasteiger partial charge in [0.25, 0.3) is 0 Å². The fourth-order valence-corrected chi connectivity index (χ4v) is 5.95. The molecule has 0 N–H and O–H groups in total. The highest BCUT2D eigenvalue weighted by atomic mass is 32.2. The van der Waals surface area contributed by atoms with Gasteiger partial charge in [-0.15, -0.1) is 18.3 Å². The van der Waals surface area contributed by atoms with Crippen molar-refractivity contribution >= 4 is 50.4 Å². The molecule has 0 aliphatic carbocycles. The molecule has 0 saturated carbocycles. The Balaban J connectivity index is 1.29. The van der Waals surface area contributed by atoms with E-state index in [1.54, 1.807) is 35.2 Å². The van der Waals surface area contributed by atoms with E-state index in [1.807, 2.05) is 35.9 Å². The zero-order valence-electron chi connectivity index (χ0n) is 22.0. The van der Waals surface area contributed by atoms with E-state index in [0.717, 1.165) is 39.4 Å². The minimum absolute atomic E-state index is 0.274. The third-order valence-electron chi connectivity index (χ3n) is 6.77. The molecule has 0 amide bonds. The Labute approximate surface area is 232 Å². The van der Waals surface area contributed by atoms with Crippen molar-refractivity contribution in [2.75, 3.05) is 29.3 Å². The lowest BCUT2D eigenvalue weighted by Crippen LogP contribution is -2.28. The number of fused-ring (bicyclic) bond motifs is 3. The van der Waals surface area contributed by atoms with E-state index in [0.29, 0.717) is 11.5 Å². The lowest BCUT2D eigenvalue weighted by molar-refractivity contribution is -0.274. The number of rotatable bonds is 5. The van der Waals surface area contributed by atoms with Gasteiger partial charge >= 0.3 is 6.36 Å². The number of aryl methyl sites for hydroxylation is 2. The average molecular weight is 563 g/mol. The van der Waals surface area contributed by atoms with Gasteiger partial charge < -0.3 is 9.64 Å². The van der Waals surface area contributed by atoms with Gasteiger partial charge in [-0.1, -0.05) is 30.0 Å². The van der Waals surface area contributed by atoms with Crippen molar-refractivity contribution in [1.29, 1.82) is 0 Å². The zero-order chi connectivity index (χ0) is 28.0. The molecule has 2 aromatic heterocycles. The molecule has 1 saturated heterocycles. The highest BCUT2D eigenvalue weighted by Crippen LogP contribution is 2.33. The normalized spacial score (nSPS) is 14.9. The van der Waals surface area contributed by atoms with E-state index in [9.17, 15) is 13.2 Å². The van der Waals surface area contributed by atoms with Crippen LogP contribution < -0.4 is 14.6 Å². The number of nitrogens with zero attached hydrogens (tertiary/aromatic N) is 6. The minimum atomic E-state index is -4.73. The third kappa shape index (κ3) is 4.92. The predicted octanol–water partition coefficient (Wildman–Crippen LogP) is 7.05. The summed E-state index contributed by atoms with van der Waals surface area (Å²) in [5, 5.41) is 8.50. The van der Waals surface area contributed by atoms with E-state index in [2.05, 4.69) is 46.7 Å². The molecule has 0 atom stereocenters. The van der Waals surface area contributed by atoms with Crippen LogP contribution in [-0.4, -0.2) is 45.4 Å². The Morgan fingerprint density at radius 2 is 1.73 bits per heavy atom. The predicted molar refractivity (Wildman–Crippen MR) is 155 cm³/mol. The lowest BCUT2D eigenvalue weighted by Gasteiger charge is -2.24. The van der Waals surface area contributed by atoms with Gasteiger partial charge in [-0.25, -0.2) is 15.0 Å². The molecule has 1 fully saturated rings. The maximum atomic E-state index is 12.5. The molecule has 0 bridgehead atoms. The van der Waals surface area contributed by atoms with Crippen LogP contribution in [0.25, 0.3) is 27.6 Å². The number of benzene rings is 3. The molecule has 7 nitrogen and oxygen atoms in total. The summed E-state index contributed by atoms with van der Waals surface area (Å²) in [6, 6.07) is 19.7. The highest BCUT2D eigenvalue weighted by molar-refractivity contribution is 8.14. The summed E-state index contributed by atoms with van der Waals surface area (Å²) in [4.78, 5) is 11.7. The van der Waals surface area contributed by atoms with Gasteiger partial charge in [-0.2, -0.15) is 0 Å². The van der Waals surface area contributed by atoms with E-state index in [1.165, 1.54) is 28.9 Å². The van der Waals surface area contributed by atoms with Gasteiger partial charge in [0, 0.05) is 36.1 Å². The summed E-state index contributed by atoms with van der Waals surface area (Å²) in [7, 11) is 1.89. The number of hydrazone groups is 1. The Morgan fingerprint density at radius 1 is 0.975 bits per heavy atom. The highest BCUT2D eigenvalue weighted by Gasteiger charge is 2.31. The van der Waals surface area contributed by atoms with Crippen molar-refractivity contribution in [3.63, 3.8) is 0 Å². The molecule has 3 aromatic carbocycles. The second kappa shape index (κ2) is 10.1. The molecule has 1 aliphatic rings. The van der Waals surface area contributed by atoms with Gasteiger partial charge in [0.15, 0.2) is 5.17 Å². The van der Waals surface area contributed by atoms with Crippen molar-refractivity contribution in [2.24, 2.45) is 5.10 Å². The van der Waals surface area contributed by atoms with Gasteiger partial charge in [-0.3, -0.25) is 4.57 Å². The lowest BCUT2D eigenvalue weighted by atomic mass is 10.1. The summed E-state index contributed by atoms with van der Waals surface area (Å²) in [6.07, 6.45) is -3.08. The number of anilines is 2. The van der Waals surface area contributed by atoms with E-state index in [4.69, 9.17) is 10.1 Å². The van der Waals surface area contributed by atoms with Gasteiger partial charge in [0.2, 0.25) is 0 Å². The topological polar surface area (TPSA) is 58.8 Å². The number of alkyl halides is 3. The number of ether oxygens (including phenoxy) is 1. The number of thioether (sulfide) groups is 1. The number of pyridine rings is 1. The number of imidazole rings is 1. The molecule has 5 aromatic rings. The number of aromatic nitrogens is 3. The van der Waals surface area contributed by atoms with E-state index < -0.39 is 6.36 Å². The number of halogens is 3. The minimum Gasteiger partial charge on any atom is -0.406 e. The molecular weight excluding hydrogens is 537 g/mol. The fourth-order valence-electron chi connectivity index (χ4n) is 4.97. The number of para-hydroxylation sites is 1. The van der Waals surface area contributed by atoms with Crippen LogP contribution in [0.4, 0.5) is 24.7 Å². The second-order valence-electron chi connectivity index (χ2n) is 9.47. The Bertz CT molecular complexity index is 1730. The summed E-state index contributed by atoms with van der Waals surface area (Å²) < 4.78 is 43.3. The number of hydrogen-bond donors (Lipinski definition) is 0. The van der Waals surface area contributed by atoms with Crippen LogP contribution >= 0.6 is 11.8 Å². The molecule has 40 heavy (non-hydrogen) atoms. The monoisotopic (exact) mass is 562 g/mol. The summed E-state index contributed by atoms with van der Waals surface area (Å²) in [6.45, 7) is 5.14. The van der Waals surface area contributed by atoms with Gasteiger partial charge in [0.1, 0.15) is 17.9 Å². The van der Waals surface area contributed by atoms with E-state index >= 15 is 0 Å². The molecular formula is C29H25F3N6OS. The molecule has 1 aliphatic heterocycles. The van der Waals surface area contributed by atoms with Gasteiger partial charge in [0.05, 0.1) is 16.6 Å². The second-order valence-corrected chi connectivity index (χ2v) is 10.5. The number of amidine groups is 1. The molecule has 3 heterocycles. The fraction of sp³-hybridized carbons (Fsp3) is 0.207. The molecule has 204 valence electrons. The van der Waals surface area contributed by atoms with Crippen LogP contribution in [0.15, 0.2) is 78.2 Å². The first-order valence-corrected chi connectivity index (χ1v) is 13.6. The van der Waals surface area contributed by atoms with Crippen LogP contribution in [0.5, 0.6) is 5.75 Å². The average Bonchev–Trinajstić information content (AvgIpc) is 3.55. The van der Waals surface area contributed by atoms with E-state index in [-0.39, 0.29) is 5.75 Å². The van der Waals surface area contributed by atoms with Gasteiger partial charge in [-0.05, 0) is 73.5 Å². The Morgan fingerprint density at radius 3 is 2.45 bits per heavy atom. The molecule has 6 rings (SSSR count). The van der Waals surface area contributed by atoms with Crippen LogP contribution in [0.1, 0.15) is 11.1 Å². The molecule has 0 unspecified atom stereocenters. The molecule has 11 heteroatoms. The first-order chi connectivity index (χ1) is 19.2. The van der Waals surface area contributed by atoms with Crippen molar-refractivity contribution in [3.8, 4) is 11.4 Å². The van der Waals surface area contributed by atoms with Crippen molar-refractivity contribution in [3.05, 3.63) is 84.2 Å². The van der Waals surface area contributed by atoms with Crippen LogP contribution in [0.3, 0.4) is 0 Å². The van der Waals surface area contributed by atoms with Crippen LogP contribution in [0.2, 0.25) is 0 Å². The van der Waals surface area contributed by atoms with Crippen LogP contribution in [0, 0.1) is 13.8 Å². The maximum absolute atomic E-state index is 12.5. The number of hydrogen-bond acceptors (Lipinski definition) is 6. The quantitative estimate of drug-likeness (QED) is 0.214. The van der Waals surface area contributed by atoms with Crippen molar-refractivity contribution < 1.29 is 17.9 Å². The largest absolute Gasteiger partial charge is 0.573 e. The first kappa shape index (κ1) is 26.0. The SMILES string of the molecule is Cc1cccc(C)c1N1CCS/C1=N/N(C)c1ccc2c(ccc3c2ncn3-c2ccc(OC(F)(F)F)cc2)n1. The smallest absolute Gasteiger partial charge is 0.406 e. The van der Waals surface area contributed by atoms with Crippen LogP contribution in [-0.2, 0) is 0 Å². The molecule has 0 radical (unpaired) electrons. The van der Waals surface area contributed by atoms with Crippen molar-refractivity contribution in [1.82, 2.24) is 14.5 Å². The standard InChI is InChI=1S/C29H25F3N6OS/c1-18-5-4-6-19(2)27(18)37-15-16-40-28(37)35-36(3)25-14-11-22-23(34-25)12-13-24-26(22)33-17-38(24)20-7-9-21(10-8-20)39-29(30,31)32/h4-14,17H,15-16H2,1-3H3/b35-28+. The molecule has 0 spiro atoms. The zero-order valence-corrected chi connectivity index (χ0v) is 22.8. The van der Waals surface area contributed by atoms with Crippen molar-refractivity contribution in [2.45, 2.75) is 20.2 Å².